The van der Waals surface area contributed by atoms with Gasteiger partial charge in [-0.25, -0.2) is 0 Å². The standard InChI is InChI=1S/C21H25N3O4/c1-3-15(2)28-18-11-9-16(10-12-18)21(27)24-23-20(26)14-13-19(25)22-17-7-5-4-6-8-17/h4-12,15H,3,13-14H2,1-2H3,(H,22,25)(H,23,26)(H,24,27). The van der Waals surface area contributed by atoms with Gasteiger partial charge in [-0.15, -0.1) is 0 Å². The maximum atomic E-state index is 12.1. The number of hydrazine groups is 1. The van der Waals surface area contributed by atoms with Crippen molar-refractivity contribution in [1.82, 2.24) is 10.9 Å². The van der Waals surface area contributed by atoms with Crippen molar-refractivity contribution < 1.29 is 19.1 Å². The predicted molar refractivity (Wildman–Crippen MR) is 107 cm³/mol. The van der Waals surface area contributed by atoms with E-state index in [2.05, 4.69) is 16.2 Å². The fourth-order valence-electron chi connectivity index (χ4n) is 2.23. The number of carbonyl (C=O) groups excluding carboxylic acids is 3. The number of hydrogen-bond donors (Lipinski definition) is 3. The minimum Gasteiger partial charge on any atom is -0.491 e. The first-order chi connectivity index (χ1) is 13.5. The van der Waals surface area contributed by atoms with Crippen molar-refractivity contribution in [2.45, 2.75) is 39.2 Å². The topological polar surface area (TPSA) is 96.5 Å². The third kappa shape index (κ3) is 7.11. The number of benzene rings is 2. The van der Waals surface area contributed by atoms with Crippen molar-refractivity contribution in [1.29, 1.82) is 0 Å². The van der Waals surface area contributed by atoms with Gasteiger partial charge in [0.2, 0.25) is 11.8 Å². The minimum absolute atomic E-state index is 0.0121. The van der Waals surface area contributed by atoms with E-state index in [1.54, 1.807) is 48.5 Å². The van der Waals surface area contributed by atoms with Gasteiger partial charge in [0.1, 0.15) is 5.75 Å². The predicted octanol–water partition coefficient (Wildman–Crippen LogP) is 3.04. The second-order valence-corrected chi connectivity index (χ2v) is 6.28. The zero-order chi connectivity index (χ0) is 20.4. The second kappa shape index (κ2) is 10.7. The average molecular weight is 383 g/mol. The Morgan fingerprint density at radius 2 is 1.54 bits per heavy atom. The molecule has 7 heteroatoms. The van der Waals surface area contributed by atoms with Crippen LogP contribution in [-0.2, 0) is 9.59 Å². The molecule has 0 spiro atoms. The van der Waals surface area contributed by atoms with E-state index in [9.17, 15) is 14.4 Å². The van der Waals surface area contributed by atoms with Gasteiger partial charge in [-0.1, -0.05) is 25.1 Å². The summed E-state index contributed by atoms with van der Waals surface area (Å²) < 4.78 is 5.65. The van der Waals surface area contributed by atoms with E-state index < -0.39 is 11.8 Å². The lowest BCUT2D eigenvalue weighted by molar-refractivity contribution is -0.124. The van der Waals surface area contributed by atoms with Crippen LogP contribution in [0.3, 0.4) is 0 Å². The van der Waals surface area contributed by atoms with Crippen molar-refractivity contribution >= 4 is 23.4 Å². The number of para-hydroxylation sites is 1. The van der Waals surface area contributed by atoms with Gasteiger partial charge in [0.25, 0.3) is 5.91 Å². The van der Waals surface area contributed by atoms with E-state index in [0.717, 1.165) is 6.42 Å². The van der Waals surface area contributed by atoms with E-state index >= 15 is 0 Å². The van der Waals surface area contributed by atoms with Gasteiger partial charge >= 0.3 is 0 Å². The maximum Gasteiger partial charge on any atom is 0.269 e. The molecule has 28 heavy (non-hydrogen) atoms. The van der Waals surface area contributed by atoms with Gasteiger partial charge in [0.05, 0.1) is 6.10 Å². The molecule has 0 aliphatic heterocycles. The Hall–Kier alpha value is -3.35. The molecule has 0 bridgehead atoms. The summed E-state index contributed by atoms with van der Waals surface area (Å²) in [6.45, 7) is 4.00. The van der Waals surface area contributed by atoms with Crippen molar-refractivity contribution in [3.8, 4) is 5.75 Å². The lowest BCUT2D eigenvalue weighted by atomic mass is 10.2. The SMILES string of the molecule is CCC(C)Oc1ccc(C(=O)NNC(=O)CCC(=O)Nc2ccccc2)cc1. The molecule has 2 aromatic carbocycles. The van der Waals surface area contributed by atoms with Crippen LogP contribution in [0.4, 0.5) is 5.69 Å². The van der Waals surface area contributed by atoms with E-state index in [-0.39, 0.29) is 24.9 Å². The summed E-state index contributed by atoms with van der Waals surface area (Å²) in [6.07, 6.45) is 0.953. The summed E-state index contributed by atoms with van der Waals surface area (Å²) in [4.78, 5) is 35.7. The second-order valence-electron chi connectivity index (χ2n) is 6.28. The first kappa shape index (κ1) is 21.0. The molecule has 3 amide bonds. The van der Waals surface area contributed by atoms with Gasteiger partial charge in [-0.05, 0) is 49.7 Å². The molecule has 0 aliphatic carbocycles. The van der Waals surface area contributed by atoms with Gasteiger partial charge < -0.3 is 10.1 Å². The average Bonchev–Trinajstić information content (AvgIpc) is 2.71. The van der Waals surface area contributed by atoms with Crippen LogP contribution < -0.4 is 20.9 Å². The molecule has 148 valence electrons. The van der Waals surface area contributed by atoms with E-state index in [0.29, 0.717) is 17.0 Å². The number of ether oxygens (including phenoxy) is 1. The minimum atomic E-state index is -0.451. The molecule has 0 aliphatic rings. The highest BCUT2D eigenvalue weighted by molar-refractivity contribution is 5.96. The fourth-order valence-corrected chi connectivity index (χ4v) is 2.23. The Morgan fingerprint density at radius 3 is 2.18 bits per heavy atom. The van der Waals surface area contributed by atoms with E-state index in [4.69, 9.17) is 4.74 Å². The third-order valence-electron chi connectivity index (χ3n) is 3.98. The number of nitrogens with one attached hydrogen (secondary N) is 3. The molecule has 7 nitrogen and oxygen atoms in total. The van der Waals surface area contributed by atoms with Gasteiger partial charge in [-0.3, -0.25) is 25.2 Å². The lowest BCUT2D eigenvalue weighted by Gasteiger charge is -2.13. The lowest BCUT2D eigenvalue weighted by Crippen LogP contribution is -2.41. The Balaban J connectivity index is 1.71. The molecule has 2 rings (SSSR count). The third-order valence-corrected chi connectivity index (χ3v) is 3.98. The van der Waals surface area contributed by atoms with Crippen molar-refractivity contribution in [2.75, 3.05) is 5.32 Å². The van der Waals surface area contributed by atoms with Crippen LogP contribution in [0.5, 0.6) is 5.75 Å². The summed E-state index contributed by atoms with van der Waals surface area (Å²) in [5, 5.41) is 2.69. The van der Waals surface area contributed by atoms with Gasteiger partial charge in [-0.2, -0.15) is 0 Å². The molecule has 3 N–H and O–H groups in total. The number of hydrogen-bond acceptors (Lipinski definition) is 4. The Kier molecular flexibility index (Phi) is 8.02. The first-order valence-electron chi connectivity index (χ1n) is 9.18. The molecule has 0 fully saturated rings. The van der Waals surface area contributed by atoms with E-state index in [1.807, 2.05) is 19.9 Å². The van der Waals surface area contributed by atoms with Crippen LogP contribution >= 0.6 is 0 Å². The summed E-state index contributed by atoms with van der Waals surface area (Å²) in [7, 11) is 0. The maximum absolute atomic E-state index is 12.1. The van der Waals surface area contributed by atoms with Gasteiger partial charge in [0, 0.05) is 24.1 Å². The van der Waals surface area contributed by atoms with Crippen LogP contribution in [0.25, 0.3) is 0 Å². The molecule has 0 saturated carbocycles. The highest BCUT2D eigenvalue weighted by Crippen LogP contribution is 2.14. The zero-order valence-corrected chi connectivity index (χ0v) is 16.0. The normalized spacial score (nSPS) is 11.2. The van der Waals surface area contributed by atoms with Crippen molar-refractivity contribution in [3.05, 3.63) is 60.2 Å². The van der Waals surface area contributed by atoms with Crippen LogP contribution in [0, 0.1) is 0 Å². The van der Waals surface area contributed by atoms with Crippen LogP contribution in [-0.4, -0.2) is 23.8 Å². The van der Waals surface area contributed by atoms with Crippen LogP contribution in [0.2, 0.25) is 0 Å². The monoisotopic (exact) mass is 383 g/mol. The number of anilines is 1. The summed E-state index contributed by atoms with van der Waals surface area (Å²) in [5.74, 6) is -0.491. The number of carbonyl (C=O) groups is 3. The largest absolute Gasteiger partial charge is 0.491 e. The molecular weight excluding hydrogens is 358 g/mol. The zero-order valence-electron chi connectivity index (χ0n) is 16.0. The summed E-state index contributed by atoms with van der Waals surface area (Å²) in [5.41, 5.74) is 5.70. The highest BCUT2D eigenvalue weighted by Gasteiger charge is 2.10. The van der Waals surface area contributed by atoms with E-state index in [1.165, 1.54) is 0 Å². The van der Waals surface area contributed by atoms with Crippen LogP contribution in [0.15, 0.2) is 54.6 Å². The number of amides is 3. The molecule has 0 radical (unpaired) electrons. The quantitative estimate of drug-likeness (QED) is 0.611. The Bertz CT molecular complexity index is 791. The van der Waals surface area contributed by atoms with Crippen molar-refractivity contribution in [3.63, 3.8) is 0 Å². The van der Waals surface area contributed by atoms with Gasteiger partial charge in [0.15, 0.2) is 0 Å². The molecule has 2 aromatic rings. The molecule has 0 saturated heterocycles. The molecule has 1 unspecified atom stereocenters. The molecule has 1 atom stereocenters. The highest BCUT2D eigenvalue weighted by atomic mass is 16.5. The molecule has 0 heterocycles. The summed E-state index contributed by atoms with van der Waals surface area (Å²) >= 11 is 0. The molecular formula is C21H25N3O4. The molecule has 0 aromatic heterocycles. The fraction of sp³-hybridized carbons (Fsp3) is 0.286. The smallest absolute Gasteiger partial charge is 0.269 e. The Morgan fingerprint density at radius 1 is 0.893 bits per heavy atom. The number of rotatable bonds is 8. The Labute approximate surface area is 164 Å². The van der Waals surface area contributed by atoms with Crippen molar-refractivity contribution in [2.24, 2.45) is 0 Å². The summed E-state index contributed by atoms with van der Waals surface area (Å²) in [6, 6.07) is 15.6. The first-order valence-corrected chi connectivity index (χ1v) is 9.18. The van der Waals surface area contributed by atoms with Crippen LogP contribution in [0.1, 0.15) is 43.5 Å².